The van der Waals surface area contributed by atoms with E-state index in [1.807, 2.05) is 0 Å². The van der Waals surface area contributed by atoms with Crippen LogP contribution in [0.4, 0.5) is 10.5 Å². The molecule has 0 radical (unpaired) electrons. The van der Waals surface area contributed by atoms with Crippen LogP contribution in [-0.4, -0.2) is 25.2 Å². The van der Waals surface area contributed by atoms with Gasteiger partial charge < -0.3 is 10.1 Å². The number of hydrogen-bond acceptors (Lipinski definition) is 4. The van der Waals surface area contributed by atoms with Gasteiger partial charge in [-0.2, -0.15) is 0 Å². The number of ether oxygens (including phenoxy) is 1. The van der Waals surface area contributed by atoms with E-state index in [0.29, 0.717) is 16.4 Å². The summed E-state index contributed by atoms with van der Waals surface area (Å²) in [5.41, 5.74) is 0.321. The lowest BCUT2D eigenvalue weighted by molar-refractivity contribution is -0.736. The number of nitrogens with one attached hydrogen (secondary N) is 1. The highest BCUT2D eigenvalue weighted by Crippen LogP contribution is 2.17. The number of carbonyl (C=O) groups is 1. The summed E-state index contributed by atoms with van der Waals surface area (Å²) in [5, 5.41) is 2.30. The Bertz CT molecular complexity index is 361. The van der Waals surface area contributed by atoms with Crippen molar-refractivity contribution in [3.05, 3.63) is 29.2 Å². The van der Waals surface area contributed by atoms with Gasteiger partial charge >= 0.3 is 11.8 Å². The minimum atomic E-state index is -0.562. The summed E-state index contributed by atoms with van der Waals surface area (Å²) in [6.45, 7) is 0. The molecule has 1 aromatic carbocycles. The molecule has 6 heteroatoms. The average Bonchev–Trinajstić information content (AvgIpc) is 2.29. The van der Waals surface area contributed by atoms with Crippen LogP contribution in [0.2, 0.25) is 0 Å². The molecule has 0 spiro atoms. The highest BCUT2D eigenvalue weighted by atomic mass is 16.8. The summed E-state index contributed by atoms with van der Waals surface area (Å²) in [7, 11) is 2.73. The van der Waals surface area contributed by atoms with Gasteiger partial charge in [0, 0.05) is 19.2 Å². The van der Waals surface area contributed by atoms with E-state index >= 15 is 0 Å². The van der Waals surface area contributed by atoms with Crippen molar-refractivity contribution in [3.63, 3.8) is 0 Å². The van der Waals surface area contributed by atoms with Crippen molar-refractivity contribution in [1.29, 1.82) is 0 Å². The Morgan fingerprint density at radius 3 is 2.40 bits per heavy atom. The molecule has 0 saturated carbocycles. The van der Waals surface area contributed by atoms with E-state index in [2.05, 4.69) is 10.2 Å². The number of amides is 1. The molecule has 0 aliphatic carbocycles. The van der Waals surface area contributed by atoms with Crippen LogP contribution in [-0.2, 0) is 4.84 Å². The Balaban J connectivity index is 2.72. The normalized spacial score (nSPS) is 9.20. The summed E-state index contributed by atoms with van der Waals surface area (Å²) in [4.78, 5) is 26.6. The molecule has 0 aliphatic heterocycles. The fourth-order valence-corrected chi connectivity index (χ4v) is 0.899. The van der Waals surface area contributed by atoms with Crippen molar-refractivity contribution >= 4 is 11.8 Å². The van der Waals surface area contributed by atoms with E-state index in [1.165, 1.54) is 38.4 Å². The van der Waals surface area contributed by atoms with Gasteiger partial charge in [0.25, 0.3) is 4.92 Å². The SMILES string of the molecule is CNC(=O)Oc1ccc([N+](=O)OC)cc1. The fraction of sp³-hybridized carbons (Fsp3) is 0.222. The molecule has 0 unspecified atom stereocenters. The zero-order valence-corrected chi connectivity index (χ0v) is 8.39. The molecule has 0 heterocycles. The number of rotatable bonds is 3. The van der Waals surface area contributed by atoms with Gasteiger partial charge in [0.2, 0.25) is 0 Å². The quantitative estimate of drug-likeness (QED) is 0.767. The molecular weight excluding hydrogens is 200 g/mol. The Morgan fingerprint density at radius 2 is 1.93 bits per heavy atom. The van der Waals surface area contributed by atoms with E-state index in [9.17, 15) is 9.70 Å². The smallest absolute Gasteiger partial charge is 0.410 e. The number of nitrogens with zero attached hydrogens (tertiary/aromatic N) is 1. The van der Waals surface area contributed by atoms with Crippen LogP contribution in [0.5, 0.6) is 5.75 Å². The average molecular weight is 211 g/mol. The maximum Gasteiger partial charge on any atom is 0.412 e. The monoisotopic (exact) mass is 211 g/mol. The predicted molar refractivity (Wildman–Crippen MR) is 51.8 cm³/mol. The van der Waals surface area contributed by atoms with Crippen molar-refractivity contribution < 1.29 is 19.3 Å². The second-order valence-electron chi connectivity index (χ2n) is 2.57. The summed E-state index contributed by atoms with van der Waals surface area (Å²) in [6.07, 6.45) is -0.562. The molecule has 0 atom stereocenters. The topological polar surface area (TPSA) is 67.6 Å². The lowest BCUT2D eigenvalue weighted by Crippen LogP contribution is -2.21. The summed E-state index contributed by atoms with van der Waals surface area (Å²) in [5.74, 6) is 0.350. The van der Waals surface area contributed by atoms with E-state index in [4.69, 9.17) is 4.74 Å². The molecule has 1 aromatic rings. The van der Waals surface area contributed by atoms with Crippen LogP contribution >= 0.6 is 0 Å². The molecular formula is C9H11N2O4+. The molecule has 1 amide bonds. The third-order valence-electron chi connectivity index (χ3n) is 1.63. The van der Waals surface area contributed by atoms with Gasteiger partial charge in [-0.1, -0.05) is 0 Å². The zero-order chi connectivity index (χ0) is 11.3. The largest absolute Gasteiger partial charge is 0.412 e. The maximum absolute atomic E-state index is 11.0. The Morgan fingerprint density at radius 1 is 1.33 bits per heavy atom. The van der Waals surface area contributed by atoms with Gasteiger partial charge in [0.1, 0.15) is 5.75 Å². The van der Waals surface area contributed by atoms with Crippen molar-refractivity contribution in [1.82, 2.24) is 5.32 Å². The Kier molecular flexibility index (Phi) is 3.61. The van der Waals surface area contributed by atoms with Crippen molar-refractivity contribution in [2.45, 2.75) is 0 Å². The van der Waals surface area contributed by atoms with Crippen LogP contribution in [0.1, 0.15) is 0 Å². The summed E-state index contributed by atoms with van der Waals surface area (Å²) >= 11 is 0. The van der Waals surface area contributed by atoms with Gasteiger partial charge in [0.15, 0.2) is 7.11 Å². The Hall–Kier alpha value is -2.11. The van der Waals surface area contributed by atoms with Crippen LogP contribution in [0, 0.1) is 4.91 Å². The number of carbonyl (C=O) groups excluding carboxylic acids is 1. The molecule has 6 nitrogen and oxygen atoms in total. The van der Waals surface area contributed by atoms with Crippen LogP contribution < -0.4 is 10.1 Å². The number of benzene rings is 1. The first-order valence-corrected chi connectivity index (χ1v) is 4.18. The molecule has 1 N–H and O–H groups in total. The second-order valence-corrected chi connectivity index (χ2v) is 2.57. The third kappa shape index (κ3) is 2.94. The first kappa shape index (κ1) is 11.0. The van der Waals surface area contributed by atoms with E-state index in [-0.39, 0.29) is 0 Å². The number of hydrogen-bond donors (Lipinski definition) is 1. The van der Waals surface area contributed by atoms with Crippen LogP contribution in [0.15, 0.2) is 24.3 Å². The molecule has 80 valence electrons. The van der Waals surface area contributed by atoms with Gasteiger partial charge in [-0.15, -0.1) is 0 Å². The Labute approximate surface area is 86.3 Å². The second kappa shape index (κ2) is 4.94. The summed E-state index contributed by atoms with van der Waals surface area (Å²) < 4.78 is 4.82. The van der Waals surface area contributed by atoms with Gasteiger partial charge in [-0.3, -0.25) is 0 Å². The molecule has 0 bridgehead atoms. The highest BCUT2D eigenvalue weighted by molar-refractivity contribution is 5.69. The standard InChI is InChI=1S/C9H10N2O4/c1-10-9(12)15-8-5-3-7(4-6-8)11(13)14-2/h3-6H,1-2H3/p+1. The van der Waals surface area contributed by atoms with E-state index < -0.39 is 6.09 Å². The van der Waals surface area contributed by atoms with Gasteiger partial charge in [0.05, 0.1) is 4.91 Å². The van der Waals surface area contributed by atoms with Crippen molar-refractivity contribution in [2.24, 2.45) is 0 Å². The lowest BCUT2D eigenvalue weighted by atomic mass is 10.3. The molecule has 0 saturated heterocycles. The highest BCUT2D eigenvalue weighted by Gasteiger charge is 2.13. The van der Waals surface area contributed by atoms with Gasteiger partial charge in [-0.25, -0.2) is 9.63 Å². The molecule has 15 heavy (non-hydrogen) atoms. The molecule has 0 fully saturated rings. The maximum atomic E-state index is 11.0. The fourth-order valence-electron chi connectivity index (χ4n) is 0.899. The summed E-state index contributed by atoms with van der Waals surface area (Å²) in [6, 6.07) is 5.95. The third-order valence-corrected chi connectivity index (χ3v) is 1.63. The van der Waals surface area contributed by atoms with Gasteiger partial charge in [-0.05, 0) is 12.1 Å². The lowest BCUT2D eigenvalue weighted by Gasteiger charge is -2.01. The minimum Gasteiger partial charge on any atom is -0.410 e. The molecule has 0 aromatic heterocycles. The van der Waals surface area contributed by atoms with E-state index in [1.54, 1.807) is 0 Å². The van der Waals surface area contributed by atoms with Crippen molar-refractivity contribution in [3.8, 4) is 5.75 Å². The minimum absolute atomic E-state index is 0.321. The van der Waals surface area contributed by atoms with Crippen LogP contribution in [0.25, 0.3) is 0 Å². The first-order chi connectivity index (χ1) is 7.17. The van der Waals surface area contributed by atoms with Crippen molar-refractivity contribution in [2.75, 3.05) is 14.2 Å². The molecule has 1 rings (SSSR count). The van der Waals surface area contributed by atoms with Crippen LogP contribution in [0.3, 0.4) is 0 Å². The zero-order valence-electron chi connectivity index (χ0n) is 8.39. The predicted octanol–water partition coefficient (Wildman–Crippen LogP) is 1.38. The van der Waals surface area contributed by atoms with E-state index in [0.717, 1.165) is 0 Å². The first-order valence-electron chi connectivity index (χ1n) is 4.18. The molecule has 0 aliphatic rings.